The zero-order valence-electron chi connectivity index (χ0n) is 11.4. The molecule has 4 heteroatoms. The summed E-state index contributed by atoms with van der Waals surface area (Å²) in [5.41, 5.74) is 7.69. The number of benzene rings is 2. The number of nitrogens with zero attached hydrogens (tertiary/aromatic N) is 1. The molecule has 1 heterocycles. The summed E-state index contributed by atoms with van der Waals surface area (Å²) in [4.78, 5) is 4.60. The average molecular weight is 282 g/mol. The molecule has 2 aromatic carbocycles. The van der Waals surface area contributed by atoms with Crippen LogP contribution in [0.4, 0.5) is 4.39 Å². The van der Waals surface area contributed by atoms with Crippen molar-refractivity contribution in [2.75, 3.05) is 13.2 Å². The van der Waals surface area contributed by atoms with Gasteiger partial charge in [-0.3, -0.25) is 0 Å². The molecular formula is C17H15FN2O. The molecule has 0 saturated heterocycles. The van der Waals surface area contributed by atoms with Crippen molar-refractivity contribution in [2.24, 2.45) is 5.73 Å². The first kappa shape index (κ1) is 13.5. The normalized spacial score (nSPS) is 12.0. The Balaban J connectivity index is 1.94. The largest absolute Gasteiger partial charge is 0.489 e. The lowest BCUT2D eigenvalue weighted by molar-refractivity contribution is 0.348. The van der Waals surface area contributed by atoms with E-state index >= 15 is 0 Å². The van der Waals surface area contributed by atoms with Crippen LogP contribution in [0.25, 0.3) is 21.8 Å². The summed E-state index contributed by atoms with van der Waals surface area (Å²) >= 11 is 0. The van der Waals surface area contributed by atoms with E-state index in [-0.39, 0.29) is 13.2 Å². The predicted octanol–water partition coefficient (Wildman–Crippen LogP) is 3.58. The highest BCUT2D eigenvalue weighted by molar-refractivity contribution is 5.93. The summed E-state index contributed by atoms with van der Waals surface area (Å²) in [6, 6.07) is 15.7. The van der Waals surface area contributed by atoms with Gasteiger partial charge in [0.25, 0.3) is 0 Å². The zero-order valence-corrected chi connectivity index (χ0v) is 11.4. The zero-order chi connectivity index (χ0) is 14.7. The quantitative estimate of drug-likeness (QED) is 0.744. The number of para-hydroxylation sites is 1. The van der Waals surface area contributed by atoms with Crippen LogP contribution in [-0.4, -0.2) is 18.1 Å². The number of hydrogen-bond donors (Lipinski definition) is 1. The third kappa shape index (κ3) is 2.85. The molecule has 106 valence electrons. The lowest BCUT2D eigenvalue weighted by Gasteiger charge is -2.08. The molecule has 0 saturated carbocycles. The Labute approximate surface area is 121 Å². The minimum absolute atomic E-state index is 0.149. The van der Waals surface area contributed by atoms with Gasteiger partial charge in [-0.05, 0) is 30.3 Å². The van der Waals surface area contributed by atoms with Crippen molar-refractivity contribution in [2.45, 2.75) is 0 Å². The number of fused-ring (bicyclic) bond motifs is 2. The number of rotatable bonds is 4. The van der Waals surface area contributed by atoms with Crippen LogP contribution in [0.2, 0.25) is 0 Å². The minimum Gasteiger partial charge on any atom is -0.489 e. The maximum absolute atomic E-state index is 12.5. The molecule has 0 radical (unpaired) electrons. The van der Waals surface area contributed by atoms with Crippen LogP contribution in [-0.2, 0) is 0 Å². The van der Waals surface area contributed by atoms with Gasteiger partial charge >= 0.3 is 0 Å². The van der Waals surface area contributed by atoms with E-state index in [4.69, 9.17) is 10.5 Å². The van der Waals surface area contributed by atoms with Crippen LogP contribution in [0.5, 0.6) is 5.75 Å². The highest BCUT2D eigenvalue weighted by atomic mass is 19.1. The first-order valence-corrected chi connectivity index (χ1v) is 6.70. The third-order valence-electron chi connectivity index (χ3n) is 3.33. The molecule has 0 bridgehead atoms. The highest BCUT2D eigenvalue weighted by Crippen LogP contribution is 2.23. The molecule has 0 spiro atoms. The number of halogens is 1. The van der Waals surface area contributed by atoms with E-state index in [2.05, 4.69) is 11.1 Å². The Morgan fingerprint density at radius 1 is 1.10 bits per heavy atom. The first-order valence-electron chi connectivity index (χ1n) is 6.70. The standard InChI is InChI=1S/C17H15FN2O/c18-9-12(10-19)11-21-15-5-6-17-14(8-15)7-13-3-1-2-4-16(13)20-17/h1-9H,10-11,19H2/b12-9-. The fourth-order valence-corrected chi connectivity index (χ4v) is 2.16. The summed E-state index contributed by atoms with van der Waals surface area (Å²) in [7, 11) is 0. The summed E-state index contributed by atoms with van der Waals surface area (Å²) in [6.45, 7) is 0.301. The van der Waals surface area contributed by atoms with Crippen molar-refractivity contribution in [1.82, 2.24) is 4.98 Å². The molecule has 0 aliphatic heterocycles. The molecule has 0 fully saturated rings. The first-order chi connectivity index (χ1) is 10.3. The maximum Gasteiger partial charge on any atom is 0.120 e. The second kappa shape index (κ2) is 5.89. The Kier molecular flexibility index (Phi) is 3.79. The van der Waals surface area contributed by atoms with Gasteiger partial charge in [0.1, 0.15) is 12.4 Å². The molecule has 1 aromatic heterocycles. The fourth-order valence-electron chi connectivity index (χ4n) is 2.16. The minimum atomic E-state index is 0.149. The van der Waals surface area contributed by atoms with Crippen LogP contribution in [0.3, 0.4) is 0 Å². The number of ether oxygens (including phenoxy) is 1. The highest BCUT2D eigenvalue weighted by Gasteiger charge is 2.03. The second-order valence-corrected chi connectivity index (χ2v) is 4.80. The van der Waals surface area contributed by atoms with Crippen molar-refractivity contribution >= 4 is 21.8 Å². The molecule has 3 aromatic rings. The van der Waals surface area contributed by atoms with Gasteiger partial charge in [-0.2, -0.15) is 0 Å². The lowest BCUT2D eigenvalue weighted by Crippen LogP contribution is -2.10. The molecule has 0 aliphatic rings. The Morgan fingerprint density at radius 3 is 2.71 bits per heavy atom. The van der Waals surface area contributed by atoms with Crippen LogP contribution in [0, 0.1) is 0 Å². The van der Waals surface area contributed by atoms with Gasteiger partial charge in [-0.25, -0.2) is 9.37 Å². The SMILES string of the molecule is NC/C(=C/F)COc1ccc2nc3ccccc3cc2c1. The van der Waals surface area contributed by atoms with Gasteiger partial charge < -0.3 is 10.5 Å². The van der Waals surface area contributed by atoms with Crippen LogP contribution in [0.1, 0.15) is 0 Å². The van der Waals surface area contributed by atoms with Crippen LogP contribution >= 0.6 is 0 Å². The van der Waals surface area contributed by atoms with Crippen LogP contribution in [0.15, 0.2) is 60.4 Å². The van der Waals surface area contributed by atoms with Crippen molar-refractivity contribution in [1.29, 1.82) is 0 Å². The van der Waals surface area contributed by atoms with Gasteiger partial charge in [0.2, 0.25) is 0 Å². The van der Waals surface area contributed by atoms with E-state index < -0.39 is 0 Å². The van der Waals surface area contributed by atoms with Gasteiger partial charge in [-0.1, -0.05) is 18.2 Å². The van der Waals surface area contributed by atoms with Crippen molar-refractivity contribution in [3.63, 3.8) is 0 Å². The van der Waals surface area contributed by atoms with Gasteiger partial charge in [0.15, 0.2) is 0 Å². The number of nitrogens with two attached hydrogens (primary N) is 1. The molecule has 2 N–H and O–H groups in total. The molecule has 21 heavy (non-hydrogen) atoms. The lowest BCUT2D eigenvalue weighted by atomic mass is 10.1. The molecule has 3 nitrogen and oxygen atoms in total. The Bertz CT molecular complexity index is 814. The van der Waals surface area contributed by atoms with E-state index in [9.17, 15) is 4.39 Å². The number of pyridine rings is 1. The molecule has 0 atom stereocenters. The summed E-state index contributed by atoms with van der Waals surface area (Å²) in [6.07, 6.45) is 0.496. The number of aromatic nitrogens is 1. The molecule has 0 aliphatic carbocycles. The monoisotopic (exact) mass is 282 g/mol. The third-order valence-corrected chi connectivity index (χ3v) is 3.33. The smallest absolute Gasteiger partial charge is 0.120 e. The van der Waals surface area contributed by atoms with Gasteiger partial charge in [0, 0.05) is 22.9 Å². The van der Waals surface area contributed by atoms with E-state index in [1.165, 1.54) is 0 Å². The Hall–Kier alpha value is -2.46. The summed E-state index contributed by atoms with van der Waals surface area (Å²) in [5.74, 6) is 0.674. The predicted molar refractivity (Wildman–Crippen MR) is 83.0 cm³/mol. The van der Waals surface area contributed by atoms with E-state index in [0.717, 1.165) is 21.8 Å². The number of hydrogen-bond acceptors (Lipinski definition) is 3. The fraction of sp³-hybridized carbons (Fsp3) is 0.118. The summed E-state index contributed by atoms with van der Waals surface area (Å²) < 4.78 is 18.0. The van der Waals surface area contributed by atoms with Gasteiger partial charge in [-0.15, -0.1) is 0 Å². The van der Waals surface area contributed by atoms with Crippen molar-refractivity contribution in [3.05, 3.63) is 60.4 Å². The summed E-state index contributed by atoms with van der Waals surface area (Å²) in [5, 5.41) is 2.07. The van der Waals surface area contributed by atoms with E-state index in [1.807, 2.05) is 42.5 Å². The molecule has 0 unspecified atom stereocenters. The Morgan fingerprint density at radius 2 is 1.90 bits per heavy atom. The molecular weight excluding hydrogens is 267 g/mol. The van der Waals surface area contributed by atoms with E-state index in [1.54, 1.807) is 0 Å². The van der Waals surface area contributed by atoms with E-state index in [0.29, 0.717) is 17.7 Å². The van der Waals surface area contributed by atoms with Crippen molar-refractivity contribution < 1.29 is 9.13 Å². The topological polar surface area (TPSA) is 48.1 Å². The average Bonchev–Trinajstić information content (AvgIpc) is 2.53. The van der Waals surface area contributed by atoms with Gasteiger partial charge in [0.05, 0.1) is 17.4 Å². The second-order valence-electron chi connectivity index (χ2n) is 4.80. The van der Waals surface area contributed by atoms with Crippen LogP contribution < -0.4 is 10.5 Å². The molecule has 0 amide bonds. The molecule has 3 rings (SSSR count). The maximum atomic E-state index is 12.5. The van der Waals surface area contributed by atoms with Crippen molar-refractivity contribution in [3.8, 4) is 5.75 Å².